The summed E-state index contributed by atoms with van der Waals surface area (Å²) in [6, 6.07) is 10.8. The molecule has 6 heteroatoms. The van der Waals surface area contributed by atoms with E-state index in [2.05, 4.69) is 15.3 Å². The number of carbonyl (C=O) groups is 1. The standard InChI is InChI=1S/C15H13N3O3/c1-9(12-7-4-8-21-12)16-13-10-5-2-3-6-11(10)17-14(18-13)15(19)20/h2-9H,1H3,(H,19,20)(H,16,17,18). The van der Waals surface area contributed by atoms with Gasteiger partial charge in [0, 0.05) is 5.39 Å². The first-order chi connectivity index (χ1) is 10.1. The van der Waals surface area contributed by atoms with Gasteiger partial charge in [0.05, 0.1) is 17.8 Å². The number of rotatable bonds is 4. The number of para-hydroxylation sites is 1. The molecule has 3 rings (SSSR count). The molecule has 0 saturated carbocycles. The smallest absolute Gasteiger partial charge is 0.374 e. The zero-order valence-corrected chi connectivity index (χ0v) is 11.3. The van der Waals surface area contributed by atoms with Crippen molar-refractivity contribution in [2.45, 2.75) is 13.0 Å². The van der Waals surface area contributed by atoms with Crippen molar-refractivity contribution in [2.24, 2.45) is 0 Å². The van der Waals surface area contributed by atoms with Crippen LogP contribution in [0.25, 0.3) is 10.9 Å². The number of carboxylic acids is 1. The molecule has 0 spiro atoms. The van der Waals surface area contributed by atoms with Gasteiger partial charge in [0.2, 0.25) is 5.82 Å². The molecule has 0 aliphatic heterocycles. The Balaban J connectivity index is 2.05. The average molecular weight is 283 g/mol. The number of nitrogens with one attached hydrogen (secondary N) is 1. The Bertz CT molecular complexity index is 784. The molecule has 21 heavy (non-hydrogen) atoms. The molecule has 0 radical (unpaired) electrons. The van der Waals surface area contributed by atoms with E-state index >= 15 is 0 Å². The predicted octanol–water partition coefficient (Wildman–Crippen LogP) is 3.09. The Morgan fingerprint density at radius 1 is 1.24 bits per heavy atom. The molecule has 1 aromatic carbocycles. The van der Waals surface area contributed by atoms with Crippen LogP contribution < -0.4 is 5.32 Å². The maximum atomic E-state index is 11.1. The summed E-state index contributed by atoms with van der Waals surface area (Å²) in [5, 5.41) is 13.1. The van der Waals surface area contributed by atoms with E-state index in [9.17, 15) is 4.79 Å². The van der Waals surface area contributed by atoms with Crippen LogP contribution >= 0.6 is 0 Å². The van der Waals surface area contributed by atoms with Crippen molar-refractivity contribution in [3.63, 3.8) is 0 Å². The summed E-state index contributed by atoms with van der Waals surface area (Å²) in [4.78, 5) is 19.3. The lowest BCUT2D eigenvalue weighted by Crippen LogP contribution is -2.12. The van der Waals surface area contributed by atoms with Gasteiger partial charge in [-0.2, -0.15) is 0 Å². The summed E-state index contributed by atoms with van der Waals surface area (Å²) in [6.07, 6.45) is 1.59. The quantitative estimate of drug-likeness (QED) is 0.765. The average Bonchev–Trinajstić information content (AvgIpc) is 3.01. The van der Waals surface area contributed by atoms with Crippen LogP contribution in [0, 0.1) is 0 Å². The highest BCUT2D eigenvalue weighted by molar-refractivity contribution is 5.93. The van der Waals surface area contributed by atoms with Crippen molar-refractivity contribution in [3.8, 4) is 0 Å². The Labute approximate surface area is 120 Å². The first kappa shape index (κ1) is 13.1. The second-order valence-electron chi connectivity index (χ2n) is 4.60. The minimum absolute atomic E-state index is 0.139. The number of nitrogens with zero attached hydrogens (tertiary/aromatic N) is 2. The third-order valence-electron chi connectivity index (χ3n) is 3.12. The SMILES string of the molecule is CC(Nc1nc(C(=O)O)nc2ccccc12)c1ccco1. The van der Waals surface area contributed by atoms with Gasteiger partial charge in [-0.25, -0.2) is 14.8 Å². The number of benzene rings is 1. The van der Waals surface area contributed by atoms with E-state index in [0.29, 0.717) is 11.3 Å². The molecule has 0 aliphatic carbocycles. The van der Waals surface area contributed by atoms with E-state index < -0.39 is 5.97 Å². The van der Waals surface area contributed by atoms with Gasteiger partial charge in [0.15, 0.2) is 0 Å². The molecule has 2 N–H and O–H groups in total. The van der Waals surface area contributed by atoms with Crippen molar-refractivity contribution < 1.29 is 14.3 Å². The molecule has 2 heterocycles. The van der Waals surface area contributed by atoms with Crippen LogP contribution in [0.5, 0.6) is 0 Å². The minimum atomic E-state index is -1.16. The topological polar surface area (TPSA) is 88.2 Å². The summed E-state index contributed by atoms with van der Waals surface area (Å²) in [7, 11) is 0. The van der Waals surface area contributed by atoms with E-state index in [0.717, 1.165) is 11.1 Å². The van der Waals surface area contributed by atoms with Crippen LogP contribution in [0.1, 0.15) is 29.3 Å². The molecule has 106 valence electrons. The molecule has 6 nitrogen and oxygen atoms in total. The van der Waals surface area contributed by atoms with Gasteiger partial charge in [-0.1, -0.05) is 12.1 Å². The first-order valence-electron chi connectivity index (χ1n) is 6.45. The summed E-state index contributed by atoms with van der Waals surface area (Å²) in [6.45, 7) is 1.91. The second kappa shape index (κ2) is 5.24. The number of hydrogen-bond donors (Lipinski definition) is 2. The van der Waals surface area contributed by atoms with E-state index in [-0.39, 0.29) is 11.9 Å². The molecule has 2 aromatic heterocycles. The Morgan fingerprint density at radius 2 is 2.05 bits per heavy atom. The normalized spacial score (nSPS) is 12.2. The summed E-state index contributed by atoms with van der Waals surface area (Å²) in [5.74, 6) is -0.172. The van der Waals surface area contributed by atoms with Gasteiger partial charge in [-0.15, -0.1) is 0 Å². The molecule has 0 amide bonds. The fourth-order valence-electron chi connectivity index (χ4n) is 2.10. The molecule has 1 atom stereocenters. The van der Waals surface area contributed by atoms with Crippen LogP contribution in [0.15, 0.2) is 47.1 Å². The number of furan rings is 1. The van der Waals surface area contributed by atoms with Gasteiger partial charge >= 0.3 is 5.97 Å². The third-order valence-corrected chi connectivity index (χ3v) is 3.12. The fourth-order valence-corrected chi connectivity index (χ4v) is 2.10. The molecular weight excluding hydrogens is 270 g/mol. The molecule has 0 bridgehead atoms. The highest BCUT2D eigenvalue weighted by Gasteiger charge is 2.15. The van der Waals surface area contributed by atoms with Crippen LogP contribution in [0.2, 0.25) is 0 Å². The number of aromatic carboxylic acids is 1. The maximum absolute atomic E-state index is 11.1. The van der Waals surface area contributed by atoms with Crippen LogP contribution in [-0.2, 0) is 0 Å². The summed E-state index contributed by atoms with van der Waals surface area (Å²) >= 11 is 0. The third kappa shape index (κ3) is 2.55. The van der Waals surface area contributed by atoms with Crippen molar-refractivity contribution in [1.82, 2.24) is 9.97 Å². The molecule has 0 aliphatic rings. The van der Waals surface area contributed by atoms with E-state index in [1.165, 1.54) is 0 Å². The van der Waals surface area contributed by atoms with Gasteiger partial charge in [-0.3, -0.25) is 0 Å². The predicted molar refractivity (Wildman–Crippen MR) is 77.2 cm³/mol. The lowest BCUT2D eigenvalue weighted by atomic mass is 10.2. The van der Waals surface area contributed by atoms with E-state index in [1.807, 2.05) is 25.1 Å². The summed E-state index contributed by atoms with van der Waals surface area (Å²) < 4.78 is 5.34. The van der Waals surface area contributed by atoms with Crippen molar-refractivity contribution in [2.75, 3.05) is 5.32 Å². The lowest BCUT2D eigenvalue weighted by Gasteiger charge is -2.14. The van der Waals surface area contributed by atoms with E-state index in [1.54, 1.807) is 24.5 Å². The van der Waals surface area contributed by atoms with Gasteiger partial charge in [-0.05, 0) is 31.2 Å². The van der Waals surface area contributed by atoms with Crippen LogP contribution in [-0.4, -0.2) is 21.0 Å². The monoisotopic (exact) mass is 283 g/mol. The highest BCUT2D eigenvalue weighted by atomic mass is 16.4. The molecular formula is C15H13N3O3. The molecule has 0 fully saturated rings. The van der Waals surface area contributed by atoms with Crippen LogP contribution in [0.4, 0.5) is 5.82 Å². The zero-order chi connectivity index (χ0) is 14.8. The van der Waals surface area contributed by atoms with Crippen LogP contribution in [0.3, 0.4) is 0 Å². The number of aromatic nitrogens is 2. The van der Waals surface area contributed by atoms with E-state index in [4.69, 9.17) is 9.52 Å². The molecule has 3 aromatic rings. The number of fused-ring (bicyclic) bond motifs is 1. The second-order valence-corrected chi connectivity index (χ2v) is 4.60. The van der Waals surface area contributed by atoms with Gasteiger partial charge in [0.25, 0.3) is 0 Å². The maximum Gasteiger partial charge on any atom is 0.374 e. The van der Waals surface area contributed by atoms with Crippen molar-refractivity contribution in [3.05, 3.63) is 54.2 Å². The van der Waals surface area contributed by atoms with Crippen molar-refractivity contribution in [1.29, 1.82) is 0 Å². The highest BCUT2D eigenvalue weighted by Crippen LogP contribution is 2.24. The number of anilines is 1. The molecule has 0 saturated heterocycles. The van der Waals surface area contributed by atoms with Gasteiger partial charge < -0.3 is 14.8 Å². The Hall–Kier alpha value is -2.89. The number of hydrogen-bond acceptors (Lipinski definition) is 5. The lowest BCUT2D eigenvalue weighted by molar-refractivity contribution is 0.0684. The molecule has 1 unspecified atom stereocenters. The fraction of sp³-hybridized carbons (Fsp3) is 0.133. The Morgan fingerprint density at radius 3 is 2.76 bits per heavy atom. The van der Waals surface area contributed by atoms with Crippen molar-refractivity contribution >= 4 is 22.7 Å². The minimum Gasteiger partial charge on any atom is -0.475 e. The number of carboxylic acid groups (broad SMARTS) is 1. The van der Waals surface area contributed by atoms with Gasteiger partial charge in [0.1, 0.15) is 11.6 Å². The zero-order valence-electron chi connectivity index (χ0n) is 11.3. The first-order valence-corrected chi connectivity index (χ1v) is 6.45. The summed E-state index contributed by atoms with van der Waals surface area (Å²) in [5.41, 5.74) is 0.582. The Kier molecular flexibility index (Phi) is 3.27. The largest absolute Gasteiger partial charge is 0.475 e.